The van der Waals surface area contributed by atoms with E-state index in [1.54, 1.807) is 42.5 Å². The van der Waals surface area contributed by atoms with Crippen LogP contribution in [-0.4, -0.2) is 16.9 Å². The Hall–Kier alpha value is -2.42. The number of carbonyl (C=O) groups is 2. The molecule has 0 radical (unpaired) electrons. The van der Waals surface area contributed by atoms with Crippen LogP contribution in [0.25, 0.3) is 0 Å². The van der Waals surface area contributed by atoms with E-state index >= 15 is 0 Å². The van der Waals surface area contributed by atoms with E-state index in [0.717, 1.165) is 0 Å². The van der Waals surface area contributed by atoms with Crippen LogP contribution in [0.15, 0.2) is 66.3 Å². The molecule has 0 saturated heterocycles. The van der Waals surface area contributed by atoms with Crippen LogP contribution in [0.2, 0.25) is 0 Å². The molecule has 2 rings (SSSR count). The molecule has 0 saturated carbocycles. The third-order valence-electron chi connectivity index (χ3n) is 2.93. The van der Waals surface area contributed by atoms with Crippen LogP contribution in [0.1, 0.15) is 16.8 Å². The van der Waals surface area contributed by atoms with Gasteiger partial charge >= 0.3 is 5.97 Å². The molecule has 3 nitrogen and oxygen atoms in total. The molecule has 1 aliphatic rings. The van der Waals surface area contributed by atoms with Crippen molar-refractivity contribution in [2.45, 2.75) is 6.42 Å². The van der Waals surface area contributed by atoms with Crippen molar-refractivity contribution in [3.63, 3.8) is 0 Å². The lowest BCUT2D eigenvalue weighted by Gasteiger charge is -2.09. The molecule has 0 spiro atoms. The lowest BCUT2D eigenvalue weighted by atomic mass is 9.95. The number of aliphatic carboxylic acids is 1. The number of carboxylic acid groups (broad SMARTS) is 1. The molecule has 1 aromatic carbocycles. The van der Waals surface area contributed by atoms with Crippen molar-refractivity contribution in [3.05, 3.63) is 71.8 Å². The van der Waals surface area contributed by atoms with Crippen molar-refractivity contribution in [3.8, 4) is 0 Å². The first-order valence-corrected chi connectivity index (χ1v) is 6.06. The van der Waals surface area contributed by atoms with E-state index in [-0.39, 0.29) is 11.7 Å². The van der Waals surface area contributed by atoms with Crippen molar-refractivity contribution in [1.82, 2.24) is 0 Å². The van der Waals surface area contributed by atoms with Gasteiger partial charge in [-0.05, 0) is 18.4 Å². The number of hydrogen-bond donors (Lipinski definition) is 1. The maximum Gasteiger partial charge on any atom is 0.335 e. The average Bonchev–Trinajstić information content (AvgIpc) is 2.46. The SMILES string of the molecule is O=C(O)C1=CCC(C=CC(=O)c2ccccc2)C=C1. The summed E-state index contributed by atoms with van der Waals surface area (Å²) >= 11 is 0. The molecule has 1 unspecified atom stereocenters. The Balaban J connectivity index is 1.97. The van der Waals surface area contributed by atoms with E-state index in [9.17, 15) is 9.59 Å². The van der Waals surface area contributed by atoms with Gasteiger partial charge in [-0.2, -0.15) is 0 Å². The van der Waals surface area contributed by atoms with Crippen LogP contribution < -0.4 is 0 Å². The van der Waals surface area contributed by atoms with Gasteiger partial charge in [0, 0.05) is 5.56 Å². The van der Waals surface area contributed by atoms with Crippen molar-refractivity contribution < 1.29 is 14.7 Å². The molecule has 0 fully saturated rings. The van der Waals surface area contributed by atoms with E-state index in [0.29, 0.717) is 17.6 Å². The van der Waals surface area contributed by atoms with Crippen LogP contribution in [0, 0.1) is 5.92 Å². The highest BCUT2D eigenvalue weighted by Crippen LogP contribution is 2.18. The number of carboxylic acids is 1. The molecule has 1 atom stereocenters. The van der Waals surface area contributed by atoms with Crippen LogP contribution in [-0.2, 0) is 4.79 Å². The number of hydrogen-bond acceptors (Lipinski definition) is 2. The zero-order chi connectivity index (χ0) is 13.7. The van der Waals surface area contributed by atoms with Gasteiger partial charge in [-0.1, -0.05) is 54.6 Å². The number of ketones is 1. The molecule has 1 aromatic rings. The summed E-state index contributed by atoms with van der Waals surface area (Å²) in [7, 11) is 0. The fourth-order valence-corrected chi connectivity index (χ4v) is 1.85. The summed E-state index contributed by atoms with van der Waals surface area (Å²) in [5.74, 6) is -0.878. The van der Waals surface area contributed by atoms with Gasteiger partial charge in [0.25, 0.3) is 0 Å². The van der Waals surface area contributed by atoms with E-state index in [2.05, 4.69) is 0 Å². The quantitative estimate of drug-likeness (QED) is 0.663. The van der Waals surface area contributed by atoms with Crippen molar-refractivity contribution in [1.29, 1.82) is 0 Å². The largest absolute Gasteiger partial charge is 0.478 e. The Kier molecular flexibility index (Phi) is 4.08. The van der Waals surface area contributed by atoms with Gasteiger partial charge in [-0.3, -0.25) is 4.79 Å². The minimum absolute atomic E-state index is 0.0398. The maximum absolute atomic E-state index is 11.8. The van der Waals surface area contributed by atoms with E-state index in [1.165, 1.54) is 0 Å². The van der Waals surface area contributed by atoms with E-state index in [1.807, 2.05) is 18.2 Å². The topological polar surface area (TPSA) is 54.4 Å². The predicted octanol–water partition coefficient (Wildman–Crippen LogP) is 3.01. The van der Waals surface area contributed by atoms with Gasteiger partial charge in [0.1, 0.15) is 0 Å². The molecule has 0 aromatic heterocycles. The summed E-state index contributed by atoms with van der Waals surface area (Å²) in [6.45, 7) is 0. The summed E-state index contributed by atoms with van der Waals surface area (Å²) in [5, 5.41) is 8.80. The Morgan fingerprint density at radius 2 is 1.95 bits per heavy atom. The van der Waals surface area contributed by atoms with Crippen LogP contribution in [0.4, 0.5) is 0 Å². The fraction of sp³-hybridized carbons (Fsp3) is 0.125. The minimum atomic E-state index is -0.918. The second-order valence-corrected chi connectivity index (χ2v) is 4.31. The molecule has 0 aliphatic heterocycles. The lowest BCUT2D eigenvalue weighted by Crippen LogP contribution is -2.04. The fourth-order valence-electron chi connectivity index (χ4n) is 1.85. The van der Waals surface area contributed by atoms with Crippen molar-refractivity contribution in [2.75, 3.05) is 0 Å². The molecule has 96 valence electrons. The minimum Gasteiger partial charge on any atom is -0.478 e. The Bertz CT molecular complexity index is 565. The zero-order valence-electron chi connectivity index (χ0n) is 10.3. The van der Waals surface area contributed by atoms with Gasteiger partial charge in [0.15, 0.2) is 5.78 Å². The molecule has 19 heavy (non-hydrogen) atoms. The van der Waals surface area contributed by atoms with Crippen LogP contribution in [0.5, 0.6) is 0 Å². The third kappa shape index (κ3) is 3.52. The molecule has 1 N–H and O–H groups in total. The van der Waals surface area contributed by atoms with Gasteiger partial charge < -0.3 is 5.11 Å². The van der Waals surface area contributed by atoms with Crippen molar-refractivity contribution in [2.24, 2.45) is 5.92 Å². The predicted molar refractivity (Wildman–Crippen MR) is 72.9 cm³/mol. The highest BCUT2D eigenvalue weighted by atomic mass is 16.4. The Morgan fingerprint density at radius 3 is 2.53 bits per heavy atom. The van der Waals surface area contributed by atoms with Crippen molar-refractivity contribution >= 4 is 11.8 Å². The number of rotatable bonds is 4. The molecule has 0 bridgehead atoms. The summed E-state index contributed by atoms with van der Waals surface area (Å²) in [4.78, 5) is 22.6. The highest BCUT2D eigenvalue weighted by Gasteiger charge is 2.10. The first kappa shape index (κ1) is 13.0. The number of benzene rings is 1. The molecule has 0 amide bonds. The average molecular weight is 254 g/mol. The second-order valence-electron chi connectivity index (χ2n) is 4.31. The van der Waals surface area contributed by atoms with Gasteiger partial charge in [0.05, 0.1) is 5.57 Å². The first-order valence-electron chi connectivity index (χ1n) is 6.06. The second kappa shape index (κ2) is 5.96. The maximum atomic E-state index is 11.8. The van der Waals surface area contributed by atoms with Crippen LogP contribution in [0.3, 0.4) is 0 Å². The van der Waals surface area contributed by atoms with E-state index in [4.69, 9.17) is 5.11 Å². The first-order chi connectivity index (χ1) is 9.16. The summed E-state index contributed by atoms with van der Waals surface area (Å²) in [5.41, 5.74) is 0.958. The number of allylic oxidation sites excluding steroid dienone is 4. The molecule has 0 heterocycles. The van der Waals surface area contributed by atoms with Gasteiger partial charge in [-0.25, -0.2) is 4.79 Å². The highest BCUT2D eigenvalue weighted by molar-refractivity contribution is 6.04. The Morgan fingerprint density at radius 1 is 1.21 bits per heavy atom. The third-order valence-corrected chi connectivity index (χ3v) is 2.93. The smallest absolute Gasteiger partial charge is 0.335 e. The normalized spacial score (nSPS) is 18.3. The van der Waals surface area contributed by atoms with Gasteiger partial charge in [0.2, 0.25) is 0 Å². The molecule has 3 heteroatoms. The monoisotopic (exact) mass is 254 g/mol. The summed E-state index contributed by atoms with van der Waals surface area (Å²) in [6.07, 6.45) is 9.01. The Labute approximate surface area is 111 Å². The van der Waals surface area contributed by atoms with E-state index < -0.39 is 5.97 Å². The lowest BCUT2D eigenvalue weighted by molar-refractivity contribution is -0.132. The zero-order valence-corrected chi connectivity index (χ0v) is 10.3. The molecular weight excluding hydrogens is 240 g/mol. The summed E-state index contributed by atoms with van der Waals surface area (Å²) < 4.78 is 0. The molecular formula is C16H14O3. The number of carbonyl (C=O) groups excluding carboxylic acids is 1. The van der Waals surface area contributed by atoms with Gasteiger partial charge in [-0.15, -0.1) is 0 Å². The standard InChI is InChI=1S/C16H14O3/c17-15(13-4-2-1-3-5-13)11-8-12-6-9-14(10-7-12)16(18)19/h1-6,8-12H,7H2,(H,18,19). The summed E-state index contributed by atoms with van der Waals surface area (Å²) in [6, 6.07) is 9.05. The van der Waals surface area contributed by atoms with Crippen LogP contribution >= 0.6 is 0 Å². The molecule has 1 aliphatic carbocycles.